The Morgan fingerprint density at radius 2 is 1.95 bits per heavy atom. The summed E-state index contributed by atoms with van der Waals surface area (Å²) < 4.78 is 7.15. The predicted molar refractivity (Wildman–Crippen MR) is 85.7 cm³/mol. The van der Waals surface area contributed by atoms with Crippen LogP contribution in [0.1, 0.15) is 26.3 Å². The molecule has 0 radical (unpaired) electrons. The summed E-state index contributed by atoms with van der Waals surface area (Å²) in [5.74, 6) is -0.217. The third kappa shape index (κ3) is 5.00. The first kappa shape index (κ1) is 16.2. The maximum atomic E-state index is 11.8. The van der Waals surface area contributed by atoms with E-state index in [9.17, 15) is 4.79 Å². The smallest absolute Gasteiger partial charge is 0.320 e. The maximum Gasteiger partial charge on any atom is 0.320 e. The zero-order valence-electron chi connectivity index (χ0n) is 13.6. The molecule has 118 valence electrons. The number of hydrogen-bond acceptors (Lipinski definition) is 4. The lowest BCUT2D eigenvalue weighted by atomic mass is 10.2. The number of ether oxygens (including phenoxy) is 1. The van der Waals surface area contributed by atoms with Crippen LogP contribution in [0.4, 0.5) is 0 Å². The van der Waals surface area contributed by atoms with E-state index < -0.39 is 5.60 Å². The second kappa shape index (κ2) is 6.75. The van der Waals surface area contributed by atoms with Crippen LogP contribution in [-0.4, -0.2) is 39.8 Å². The van der Waals surface area contributed by atoms with Gasteiger partial charge in [0.15, 0.2) is 0 Å². The molecule has 0 unspecified atom stereocenters. The van der Waals surface area contributed by atoms with Crippen LogP contribution < -0.4 is 0 Å². The summed E-state index contributed by atoms with van der Waals surface area (Å²) in [4.78, 5) is 13.7. The van der Waals surface area contributed by atoms with Gasteiger partial charge in [-0.2, -0.15) is 5.10 Å². The lowest BCUT2D eigenvalue weighted by Gasteiger charge is -2.22. The van der Waals surface area contributed by atoms with Crippen molar-refractivity contribution in [3.05, 3.63) is 48.3 Å². The van der Waals surface area contributed by atoms with E-state index in [0.29, 0.717) is 6.54 Å². The predicted octanol–water partition coefficient (Wildman–Crippen LogP) is 2.65. The average molecular weight is 301 g/mol. The molecule has 5 nitrogen and oxygen atoms in total. The van der Waals surface area contributed by atoms with Gasteiger partial charge in [-0.15, -0.1) is 0 Å². The zero-order valence-corrected chi connectivity index (χ0v) is 13.6. The fourth-order valence-corrected chi connectivity index (χ4v) is 2.13. The summed E-state index contributed by atoms with van der Waals surface area (Å²) in [6.07, 6.45) is 3.79. The first-order chi connectivity index (χ1) is 10.3. The lowest BCUT2D eigenvalue weighted by Crippen LogP contribution is -2.32. The summed E-state index contributed by atoms with van der Waals surface area (Å²) >= 11 is 0. The third-order valence-electron chi connectivity index (χ3n) is 2.93. The van der Waals surface area contributed by atoms with E-state index in [4.69, 9.17) is 4.74 Å². The van der Waals surface area contributed by atoms with Gasteiger partial charge in [-0.25, -0.2) is 4.68 Å². The van der Waals surface area contributed by atoms with Gasteiger partial charge in [-0.1, -0.05) is 18.2 Å². The molecule has 0 amide bonds. The van der Waals surface area contributed by atoms with Crippen LogP contribution in [0.5, 0.6) is 0 Å². The van der Waals surface area contributed by atoms with Crippen molar-refractivity contribution in [3.63, 3.8) is 0 Å². The van der Waals surface area contributed by atoms with Gasteiger partial charge < -0.3 is 4.74 Å². The second-order valence-electron chi connectivity index (χ2n) is 6.39. The number of nitrogens with zero attached hydrogens (tertiary/aromatic N) is 3. The number of esters is 1. The van der Waals surface area contributed by atoms with Gasteiger partial charge in [-0.3, -0.25) is 9.69 Å². The fraction of sp³-hybridized carbons (Fsp3) is 0.412. The van der Waals surface area contributed by atoms with Crippen molar-refractivity contribution in [1.29, 1.82) is 0 Å². The summed E-state index contributed by atoms with van der Waals surface area (Å²) in [5.41, 5.74) is 1.62. The van der Waals surface area contributed by atoms with Gasteiger partial charge in [0.05, 0.1) is 18.4 Å². The quantitative estimate of drug-likeness (QED) is 0.797. The van der Waals surface area contributed by atoms with Crippen molar-refractivity contribution in [2.24, 2.45) is 0 Å². The van der Waals surface area contributed by atoms with Gasteiger partial charge in [0, 0.05) is 18.3 Å². The molecule has 5 heteroatoms. The van der Waals surface area contributed by atoms with Crippen molar-refractivity contribution in [2.45, 2.75) is 32.9 Å². The molecule has 0 saturated carbocycles. The highest BCUT2D eigenvalue weighted by Gasteiger charge is 2.17. The molecular weight excluding hydrogens is 278 g/mol. The molecule has 0 fully saturated rings. The topological polar surface area (TPSA) is 47.4 Å². The molecule has 1 aromatic carbocycles. The number of para-hydroxylation sites is 1. The van der Waals surface area contributed by atoms with Crippen LogP contribution in [0, 0.1) is 0 Å². The highest BCUT2D eigenvalue weighted by atomic mass is 16.6. The maximum absolute atomic E-state index is 11.8. The highest BCUT2D eigenvalue weighted by Crippen LogP contribution is 2.10. The highest BCUT2D eigenvalue weighted by molar-refractivity contribution is 5.72. The molecule has 0 atom stereocenters. The van der Waals surface area contributed by atoms with Crippen molar-refractivity contribution < 1.29 is 9.53 Å². The first-order valence-electron chi connectivity index (χ1n) is 7.33. The number of aromatic nitrogens is 2. The number of carbonyl (C=O) groups excluding carboxylic acids is 1. The molecule has 0 spiro atoms. The Kier molecular flexibility index (Phi) is 4.98. The van der Waals surface area contributed by atoms with Crippen molar-refractivity contribution in [3.8, 4) is 5.69 Å². The van der Waals surface area contributed by atoms with Crippen LogP contribution in [0.3, 0.4) is 0 Å². The molecule has 22 heavy (non-hydrogen) atoms. The zero-order chi connectivity index (χ0) is 16.2. The monoisotopic (exact) mass is 301 g/mol. The number of rotatable bonds is 5. The van der Waals surface area contributed by atoms with Crippen LogP contribution in [-0.2, 0) is 16.1 Å². The van der Waals surface area contributed by atoms with E-state index in [1.54, 1.807) is 0 Å². The molecular formula is C17H23N3O2. The Morgan fingerprint density at radius 3 is 2.59 bits per heavy atom. The van der Waals surface area contributed by atoms with Gasteiger partial charge in [-0.05, 0) is 40.0 Å². The van der Waals surface area contributed by atoms with Gasteiger partial charge in [0.2, 0.25) is 0 Å². The minimum absolute atomic E-state index is 0.217. The Labute approximate surface area is 131 Å². The van der Waals surface area contributed by atoms with Gasteiger partial charge >= 0.3 is 5.97 Å². The second-order valence-corrected chi connectivity index (χ2v) is 6.39. The first-order valence-corrected chi connectivity index (χ1v) is 7.33. The molecule has 1 aromatic heterocycles. The largest absolute Gasteiger partial charge is 0.459 e. The lowest BCUT2D eigenvalue weighted by molar-refractivity contribution is -0.155. The summed E-state index contributed by atoms with van der Waals surface area (Å²) in [7, 11) is 1.89. The van der Waals surface area contributed by atoms with E-state index >= 15 is 0 Å². The Bertz CT molecular complexity index is 614. The van der Waals surface area contributed by atoms with Crippen LogP contribution in [0.15, 0.2) is 42.7 Å². The minimum atomic E-state index is -0.448. The summed E-state index contributed by atoms with van der Waals surface area (Å²) in [6.45, 7) is 6.51. The Hall–Kier alpha value is -2.14. The summed E-state index contributed by atoms with van der Waals surface area (Å²) in [5, 5.41) is 4.35. The third-order valence-corrected chi connectivity index (χ3v) is 2.93. The average Bonchev–Trinajstić information content (AvgIpc) is 2.85. The van der Waals surface area contributed by atoms with Crippen molar-refractivity contribution in [2.75, 3.05) is 13.6 Å². The van der Waals surface area contributed by atoms with Crippen molar-refractivity contribution in [1.82, 2.24) is 14.7 Å². The SMILES string of the molecule is CN(CC(=O)OC(C)(C)C)Cc1cnn(-c2ccccc2)c1. The van der Waals surface area contributed by atoms with Gasteiger partial charge in [0.25, 0.3) is 0 Å². The van der Waals surface area contributed by atoms with Crippen LogP contribution >= 0.6 is 0 Å². The van der Waals surface area contributed by atoms with E-state index in [1.165, 1.54) is 0 Å². The minimum Gasteiger partial charge on any atom is -0.459 e. The van der Waals surface area contributed by atoms with Crippen LogP contribution in [0.2, 0.25) is 0 Å². The van der Waals surface area contributed by atoms with Crippen molar-refractivity contribution >= 4 is 5.97 Å². The molecule has 0 N–H and O–H groups in total. The molecule has 0 aliphatic heterocycles. The van der Waals surface area contributed by atoms with E-state index in [2.05, 4.69) is 5.10 Å². The molecule has 0 saturated heterocycles. The molecule has 0 bridgehead atoms. The summed E-state index contributed by atoms with van der Waals surface area (Å²) in [6, 6.07) is 9.93. The molecule has 0 aliphatic carbocycles. The fourth-order valence-electron chi connectivity index (χ4n) is 2.13. The molecule has 2 aromatic rings. The molecule has 2 rings (SSSR count). The standard InChI is InChI=1S/C17H23N3O2/c1-17(2,3)22-16(21)13-19(4)11-14-10-18-20(12-14)15-8-6-5-7-9-15/h5-10,12H,11,13H2,1-4H3. The number of carbonyl (C=O) groups is 1. The Morgan fingerprint density at radius 1 is 1.27 bits per heavy atom. The van der Waals surface area contributed by atoms with Gasteiger partial charge in [0.1, 0.15) is 5.60 Å². The number of benzene rings is 1. The number of likely N-dealkylation sites (N-methyl/N-ethyl adjacent to an activating group) is 1. The molecule has 1 heterocycles. The number of hydrogen-bond donors (Lipinski definition) is 0. The van der Waals surface area contributed by atoms with E-state index in [1.807, 2.05) is 80.1 Å². The van der Waals surface area contributed by atoms with E-state index in [0.717, 1.165) is 11.3 Å². The van der Waals surface area contributed by atoms with E-state index in [-0.39, 0.29) is 12.5 Å². The van der Waals surface area contributed by atoms with Crippen LogP contribution in [0.25, 0.3) is 5.69 Å². The molecule has 0 aliphatic rings. The normalized spacial score (nSPS) is 11.7. The Balaban J connectivity index is 1.91.